The van der Waals surface area contributed by atoms with Crippen LogP contribution in [0.15, 0.2) is 48.8 Å². The zero-order chi connectivity index (χ0) is 20.4. The maximum atomic E-state index is 12.7. The number of amides is 1. The fraction of sp³-hybridized carbons (Fsp3) is 0.273. The average Bonchev–Trinajstić information content (AvgIpc) is 2.76. The summed E-state index contributed by atoms with van der Waals surface area (Å²) in [5, 5.41) is 0.630. The molecule has 6 nitrogen and oxygen atoms in total. The van der Waals surface area contributed by atoms with E-state index in [-0.39, 0.29) is 5.91 Å². The Hall–Kier alpha value is -2.99. The molecule has 1 fully saturated rings. The Bertz CT molecular complexity index is 1020. The second-order valence-corrected chi connectivity index (χ2v) is 7.55. The minimum atomic E-state index is 0.0351. The van der Waals surface area contributed by atoms with Crippen LogP contribution in [-0.4, -0.2) is 51.9 Å². The van der Waals surface area contributed by atoms with Crippen LogP contribution in [0.1, 0.15) is 21.6 Å². The van der Waals surface area contributed by atoms with Crippen molar-refractivity contribution in [1.29, 1.82) is 0 Å². The van der Waals surface area contributed by atoms with Gasteiger partial charge in [0.05, 0.1) is 0 Å². The fourth-order valence-corrected chi connectivity index (χ4v) is 3.57. The first-order valence-corrected chi connectivity index (χ1v) is 9.96. The van der Waals surface area contributed by atoms with Crippen molar-refractivity contribution < 1.29 is 4.79 Å². The van der Waals surface area contributed by atoms with Gasteiger partial charge in [-0.05, 0) is 50.2 Å². The standard InChI is InChI=1S/C22H22ClN5O/c1-15-16(2)25-20(18-4-3-9-24-14-18)26-21(15)27-10-12-28(13-11-27)22(29)17-5-7-19(23)8-6-17/h3-9,14H,10-13H2,1-2H3. The van der Waals surface area contributed by atoms with E-state index in [9.17, 15) is 4.79 Å². The van der Waals surface area contributed by atoms with Gasteiger partial charge in [0.25, 0.3) is 5.91 Å². The fourth-order valence-electron chi connectivity index (χ4n) is 3.44. The zero-order valence-electron chi connectivity index (χ0n) is 16.5. The van der Waals surface area contributed by atoms with Crippen molar-refractivity contribution in [1.82, 2.24) is 19.9 Å². The van der Waals surface area contributed by atoms with Crippen LogP contribution in [0.5, 0.6) is 0 Å². The largest absolute Gasteiger partial charge is 0.353 e. The number of hydrogen-bond acceptors (Lipinski definition) is 5. The van der Waals surface area contributed by atoms with Gasteiger partial charge in [-0.2, -0.15) is 0 Å². The number of halogens is 1. The van der Waals surface area contributed by atoms with Gasteiger partial charge in [0.2, 0.25) is 0 Å². The summed E-state index contributed by atoms with van der Waals surface area (Å²) in [5.74, 6) is 1.64. The zero-order valence-corrected chi connectivity index (χ0v) is 17.2. The van der Waals surface area contributed by atoms with Crippen molar-refractivity contribution in [2.75, 3.05) is 31.1 Å². The normalized spacial score (nSPS) is 14.2. The highest BCUT2D eigenvalue weighted by Gasteiger charge is 2.24. The number of pyridine rings is 1. The van der Waals surface area contributed by atoms with Crippen LogP contribution in [-0.2, 0) is 0 Å². The number of carbonyl (C=O) groups excluding carboxylic acids is 1. The van der Waals surface area contributed by atoms with Gasteiger partial charge < -0.3 is 9.80 Å². The lowest BCUT2D eigenvalue weighted by atomic mass is 10.1. The Morgan fingerprint density at radius 1 is 1.00 bits per heavy atom. The third kappa shape index (κ3) is 4.07. The van der Waals surface area contributed by atoms with E-state index in [0.717, 1.165) is 35.7 Å². The molecule has 0 aliphatic carbocycles. The molecule has 7 heteroatoms. The Morgan fingerprint density at radius 2 is 1.72 bits per heavy atom. The predicted molar refractivity (Wildman–Crippen MR) is 114 cm³/mol. The highest BCUT2D eigenvalue weighted by atomic mass is 35.5. The van der Waals surface area contributed by atoms with Gasteiger partial charge in [0.15, 0.2) is 5.82 Å². The summed E-state index contributed by atoms with van der Waals surface area (Å²) in [6, 6.07) is 10.9. The topological polar surface area (TPSA) is 62.2 Å². The first kappa shape index (κ1) is 19.3. The first-order valence-electron chi connectivity index (χ1n) is 9.58. The van der Waals surface area contributed by atoms with Crippen molar-refractivity contribution in [3.63, 3.8) is 0 Å². The molecule has 0 spiro atoms. The van der Waals surface area contributed by atoms with E-state index in [0.29, 0.717) is 29.5 Å². The van der Waals surface area contributed by atoms with E-state index in [4.69, 9.17) is 16.6 Å². The van der Waals surface area contributed by atoms with Gasteiger partial charge in [-0.15, -0.1) is 0 Å². The van der Waals surface area contributed by atoms with Crippen LogP contribution < -0.4 is 4.90 Å². The number of rotatable bonds is 3. The predicted octanol–water partition coefficient (Wildman–Crippen LogP) is 3.77. The number of nitrogens with zero attached hydrogens (tertiary/aromatic N) is 5. The number of hydrogen-bond donors (Lipinski definition) is 0. The Kier molecular flexibility index (Phi) is 5.45. The molecule has 0 unspecified atom stereocenters. The molecule has 3 heterocycles. The minimum absolute atomic E-state index is 0.0351. The second-order valence-electron chi connectivity index (χ2n) is 7.11. The Labute approximate surface area is 175 Å². The molecule has 1 amide bonds. The summed E-state index contributed by atoms with van der Waals surface area (Å²) in [7, 11) is 0. The number of benzene rings is 1. The van der Waals surface area contributed by atoms with E-state index in [1.165, 1.54) is 0 Å². The minimum Gasteiger partial charge on any atom is -0.353 e. The number of anilines is 1. The maximum Gasteiger partial charge on any atom is 0.253 e. The van der Waals surface area contributed by atoms with Crippen LogP contribution in [0.25, 0.3) is 11.4 Å². The molecule has 1 aliphatic rings. The van der Waals surface area contributed by atoms with Crippen LogP contribution in [0.2, 0.25) is 5.02 Å². The molecule has 0 N–H and O–H groups in total. The quantitative estimate of drug-likeness (QED) is 0.661. The number of aromatic nitrogens is 3. The van der Waals surface area contributed by atoms with Crippen LogP contribution >= 0.6 is 11.6 Å². The van der Waals surface area contributed by atoms with Crippen LogP contribution in [0.4, 0.5) is 5.82 Å². The lowest BCUT2D eigenvalue weighted by molar-refractivity contribution is 0.0746. The molecule has 4 rings (SSSR count). The summed E-state index contributed by atoms with van der Waals surface area (Å²) in [6.45, 7) is 6.79. The maximum absolute atomic E-state index is 12.7. The molecule has 1 aliphatic heterocycles. The lowest BCUT2D eigenvalue weighted by Gasteiger charge is -2.36. The molecule has 0 radical (unpaired) electrons. The average molecular weight is 408 g/mol. The van der Waals surface area contributed by atoms with Crippen molar-refractivity contribution >= 4 is 23.3 Å². The van der Waals surface area contributed by atoms with Crippen LogP contribution in [0.3, 0.4) is 0 Å². The number of piperazine rings is 1. The molecule has 29 heavy (non-hydrogen) atoms. The van der Waals surface area contributed by atoms with Crippen molar-refractivity contribution in [3.8, 4) is 11.4 Å². The molecular formula is C22H22ClN5O. The molecule has 1 saturated heterocycles. The van der Waals surface area contributed by atoms with Gasteiger partial charge in [0, 0.05) is 66.0 Å². The van der Waals surface area contributed by atoms with Gasteiger partial charge in [0.1, 0.15) is 5.82 Å². The van der Waals surface area contributed by atoms with E-state index in [2.05, 4.69) is 14.9 Å². The van der Waals surface area contributed by atoms with Gasteiger partial charge in [-0.25, -0.2) is 9.97 Å². The van der Waals surface area contributed by atoms with Crippen LogP contribution in [0, 0.1) is 13.8 Å². The highest BCUT2D eigenvalue weighted by Crippen LogP contribution is 2.25. The molecule has 148 valence electrons. The van der Waals surface area contributed by atoms with E-state index in [1.54, 1.807) is 36.7 Å². The summed E-state index contributed by atoms with van der Waals surface area (Å²) in [6.07, 6.45) is 3.51. The molecule has 2 aromatic heterocycles. The van der Waals surface area contributed by atoms with E-state index < -0.39 is 0 Å². The summed E-state index contributed by atoms with van der Waals surface area (Å²) in [4.78, 5) is 30.5. The molecule has 3 aromatic rings. The van der Waals surface area contributed by atoms with Gasteiger partial charge >= 0.3 is 0 Å². The number of carbonyl (C=O) groups is 1. The smallest absolute Gasteiger partial charge is 0.253 e. The van der Waals surface area contributed by atoms with Gasteiger partial charge in [-0.1, -0.05) is 11.6 Å². The van der Waals surface area contributed by atoms with Crippen molar-refractivity contribution in [3.05, 3.63) is 70.6 Å². The molecule has 1 aromatic carbocycles. The molecule has 0 bridgehead atoms. The second kappa shape index (κ2) is 8.17. The third-order valence-electron chi connectivity index (χ3n) is 5.24. The summed E-state index contributed by atoms with van der Waals surface area (Å²) < 4.78 is 0. The summed E-state index contributed by atoms with van der Waals surface area (Å²) >= 11 is 5.93. The van der Waals surface area contributed by atoms with Crippen molar-refractivity contribution in [2.45, 2.75) is 13.8 Å². The monoisotopic (exact) mass is 407 g/mol. The Balaban J connectivity index is 1.52. The molecule has 0 atom stereocenters. The summed E-state index contributed by atoms with van der Waals surface area (Å²) in [5.41, 5.74) is 3.58. The number of aryl methyl sites for hydroxylation is 1. The third-order valence-corrected chi connectivity index (χ3v) is 5.49. The van der Waals surface area contributed by atoms with E-state index in [1.807, 2.05) is 30.9 Å². The highest BCUT2D eigenvalue weighted by molar-refractivity contribution is 6.30. The van der Waals surface area contributed by atoms with Crippen molar-refractivity contribution in [2.24, 2.45) is 0 Å². The lowest BCUT2D eigenvalue weighted by Crippen LogP contribution is -2.49. The molecule has 0 saturated carbocycles. The van der Waals surface area contributed by atoms with E-state index >= 15 is 0 Å². The molecular weight excluding hydrogens is 386 g/mol. The first-order chi connectivity index (χ1) is 14.0. The van der Waals surface area contributed by atoms with Gasteiger partial charge in [-0.3, -0.25) is 9.78 Å². The Morgan fingerprint density at radius 3 is 2.38 bits per heavy atom. The SMILES string of the molecule is Cc1nc(-c2cccnc2)nc(N2CCN(C(=O)c3ccc(Cl)cc3)CC2)c1C.